The summed E-state index contributed by atoms with van der Waals surface area (Å²) in [6.07, 6.45) is 7.28. The molecule has 1 atom stereocenters. The number of benzene rings is 1. The van der Waals surface area contributed by atoms with E-state index in [2.05, 4.69) is 39.5 Å². The highest BCUT2D eigenvalue weighted by Crippen LogP contribution is 2.43. The number of sulfone groups is 1. The zero-order valence-electron chi connectivity index (χ0n) is 15.7. The van der Waals surface area contributed by atoms with Gasteiger partial charge in [0.25, 0.3) is 0 Å². The molecule has 146 valence electrons. The largest absolute Gasteiger partial charge is 0.355 e. The molecule has 0 saturated carbocycles. The molecule has 1 heterocycles. The van der Waals surface area contributed by atoms with E-state index in [1.165, 1.54) is 43.1 Å². The standard InChI is InChI=1S/C19H29N3O2S.HI/c1-20-18(21-12-14-25(2,23)24)22-13-6-11-19(15-22)10-5-8-16-7-3-4-9-17(16)19;/h3-4,7,9H,5-6,8,10-15H2,1-2H3,(H,20,21);1H. The topological polar surface area (TPSA) is 61.8 Å². The lowest BCUT2D eigenvalue weighted by molar-refractivity contribution is 0.189. The number of likely N-dealkylation sites (tertiary alicyclic amines) is 1. The number of aliphatic imine (C=N–C) groups is 1. The average molecular weight is 491 g/mol. The van der Waals surface area contributed by atoms with Crippen molar-refractivity contribution in [2.45, 2.75) is 37.5 Å². The first-order valence-electron chi connectivity index (χ1n) is 9.15. The van der Waals surface area contributed by atoms with E-state index in [0.29, 0.717) is 6.54 Å². The quantitative estimate of drug-likeness (QED) is 0.401. The van der Waals surface area contributed by atoms with Crippen LogP contribution in [0.5, 0.6) is 0 Å². The Balaban J connectivity index is 0.00000243. The Morgan fingerprint density at radius 3 is 2.73 bits per heavy atom. The monoisotopic (exact) mass is 491 g/mol. The molecule has 2 aliphatic rings. The zero-order chi connectivity index (χ0) is 17.9. The molecule has 5 nitrogen and oxygen atoms in total. The highest BCUT2D eigenvalue weighted by atomic mass is 127. The van der Waals surface area contributed by atoms with Crippen LogP contribution in [0.25, 0.3) is 0 Å². The number of rotatable bonds is 3. The highest BCUT2D eigenvalue weighted by Gasteiger charge is 2.40. The lowest BCUT2D eigenvalue weighted by Crippen LogP contribution is -2.53. The van der Waals surface area contributed by atoms with Gasteiger partial charge in [-0.1, -0.05) is 24.3 Å². The molecule has 0 aromatic heterocycles. The van der Waals surface area contributed by atoms with Crippen LogP contribution in [0, 0.1) is 0 Å². The van der Waals surface area contributed by atoms with Crippen LogP contribution in [0.3, 0.4) is 0 Å². The number of hydrogen-bond acceptors (Lipinski definition) is 3. The van der Waals surface area contributed by atoms with Crippen molar-refractivity contribution >= 4 is 39.8 Å². The van der Waals surface area contributed by atoms with Gasteiger partial charge in [0.2, 0.25) is 0 Å². The summed E-state index contributed by atoms with van der Waals surface area (Å²) in [5.74, 6) is 0.958. The molecule has 7 heteroatoms. The normalized spacial score (nSPS) is 23.3. The van der Waals surface area contributed by atoms with Gasteiger partial charge >= 0.3 is 0 Å². The predicted molar refractivity (Wildman–Crippen MR) is 118 cm³/mol. The zero-order valence-corrected chi connectivity index (χ0v) is 18.8. The average Bonchev–Trinajstić information content (AvgIpc) is 2.58. The van der Waals surface area contributed by atoms with Gasteiger partial charge in [-0.3, -0.25) is 4.99 Å². The smallest absolute Gasteiger partial charge is 0.193 e. The molecule has 1 spiro atoms. The highest BCUT2D eigenvalue weighted by molar-refractivity contribution is 14.0. The van der Waals surface area contributed by atoms with E-state index in [-0.39, 0.29) is 35.1 Å². The van der Waals surface area contributed by atoms with E-state index in [4.69, 9.17) is 0 Å². The number of guanidine groups is 1. The number of aryl methyl sites for hydroxylation is 1. The summed E-state index contributed by atoms with van der Waals surface area (Å²) in [6, 6.07) is 8.88. The Hall–Kier alpha value is -0.830. The Morgan fingerprint density at radius 2 is 2.00 bits per heavy atom. The summed E-state index contributed by atoms with van der Waals surface area (Å²) in [5, 5.41) is 3.24. The van der Waals surface area contributed by atoms with E-state index in [0.717, 1.165) is 25.5 Å². The molecule has 3 rings (SSSR count). The Morgan fingerprint density at radius 1 is 1.27 bits per heavy atom. The minimum atomic E-state index is -2.96. The van der Waals surface area contributed by atoms with Gasteiger partial charge in [-0.2, -0.15) is 0 Å². The van der Waals surface area contributed by atoms with Crippen LogP contribution in [0.2, 0.25) is 0 Å². The lowest BCUT2D eigenvalue weighted by Gasteiger charge is -2.47. The third kappa shape index (κ3) is 4.91. The van der Waals surface area contributed by atoms with Crippen LogP contribution in [-0.4, -0.2) is 58.0 Å². The Bertz CT molecular complexity index is 751. The maximum absolute atomic E-state index is 11.4. The van der Waals surface area contributed by atoms with Crippen LogP contribution in [0.1, 0.15) is 36.8 Å². The molecule has 1 aromatic carbocycles. The van der Waals surface area contributed by atoms with Crippen molar-refractivity contribution in [1.82, 2.24) is 10.2 Å². The summed E-state index contributed by atoms with van der Waals surface area (Å²) in [6.45, 7) is 2.34. The van der Waals surface area contributed by atoms with Gasteiger partial charge in [0.05, 0.1) is 5.75 Å². The molecule has 1 fully saturated rings. The van der Waals surface area contributed by atoms with Crippen LogP contribution < -0.4 is 5.32 Å². The van der Waals surface area contributed by atoms with Gasteiger partial charge in [0.1, 0.15) is 9.84 Å². The van der Waals surface area contributed by atoms with Crippen molar-refractivity contribution in [3.05, 3.63) is 35.4 Å². The first-order chi connectivity index (χ1) is 11.9. The first kappa shape index (κ1) is 21.5. The molecule has 1 saturated heterocycles. The number of nitrogens with zero attached hydrogens (tertiary/aromatic N) is 2. The number of hydrogen-bond donors (Lipinski definition) is 1. The van der Waals surface area contributed by atoms with E-state index >= 15 is 0 Å². The van der Waals surface area contributed by atoms with Gasteiger partial charge < -0.3 is 10.2 Å². The van der Waals surface area contributed by atoms with Crippen molar-refractivity contribution < 1.29 is 8.42 Å². The van der Waals surface area contributed by atoms with E-state index in [1.807, 2.05) is 0 Å². The number of fused-ring (bicyclic) bond motifs is 2. The molecule has 1 N–H and O–H groups in total. The lowest BCUT2D eigenvalue weighted by atomic mass is 9.66. The van der Waals surface area contributed by atoms with E-state index in [9.17, 15) is 8.42 Å². The minimum absolute atomic E-state index is 0. The Labute approximate surface area is 174 Å². The summed E-state index contributed by atoms with van der Waals surface area (Å²) >= 11 is 0. The van der Waals surface area contributed by atoms with E-state index in [1.54, 1.807) is 7.05 Å². The predicted octanol–water partition coefficient (Wildman–Crippen LogP) is 2.59. The summed E-state index contributed by atoms with van der Waals surface area (Å²) in [7, 11) is -1.19. The fraction of sp³-hybridized carbons (Fsp3) is 0.632. The fourth-order valence-electron chi connectivity index (χ4n) is 4.42. The maximum atomic E-state index is 11.4. The van der Waals surface area contributed by atoms with Crippen LogP contribution in [-0.2, 0) is 21.7 Å². The number of nitrogens with one attached hydrogen (secondary N) is 1. The second kappa shape index (κ2) is 8.91. The maximum Gasteiger partial charge on any atom is 0.193 e. The molecule has 1 aliphatic carbocycles. The second-order valence-electron chi connectivity index (χ2n) is 7.42. The second-order valence-corrected chi connectivity index (χ2v) is 9.68. The van der Waals surface area contributed by atoms with Crippen molar-refractivity contribution in [1.29, 1.82) is 0 Å². The van der Waals surface area contributed by atoms with Crippen molar-refractivity contribution in [3.8, 4) is 0 Å². The molecule has 0 radical (unpaired) electrons. The first-order valence-corrected chi connectivity index (χ1v) is 11.2. The summed E-state index contributed by atoms with van der Waals surface area (Å²) in [4.78, 5) is 6.72. The third-order valence-electron chi connectivity index (χ3n) is 5.53. The molecule has 26 heavy (non-hydrogen) atoms. The van der Waals surface area contributed by atoms with Gasteiger partial charge in [0.15, 0.2) is 5.96 Å². The minimum Gasteiger partial charge on any atom is -0.355 e. The molecule has 1 unspecified atom stereocenters. The fourth-order valence-corrected chi connectivity index (χ4v) is 4.90. The molecule has 0 amide bonds. The van der Waals surface area contributed by atoms with Gasteiger partial charge in [-0.25, -0.2) is 8.42 Å². The third-order valence-corrected chi connectivity index (χ3v) is 6.48. The van der Waals surface area contributed by atoms with E-state index < -0.39 is 9.84 Å². The Kier molecular flexibility index (Phi) is 7.35. The van der Waals surface area contributed by atoms with Crippen molar-refractivity contribution in [3.63, 3.8) is 0 Å². The summed E-state index contributed by atoms with van der Waals surface area (Å²) in [5.41, 5.74) is 3.22. The number of halogens is 1. The molecular formula is C19H30IN3O2S. The number of piperidine rings is 1. The molecule has 1 aliphatic heterocycles. The molecule has 1 aromatic rings. The molecule has 0 bridgehead atoms. The SMILES string of the molecule is CN=C(NCCS(C)(=O)=O)N1CCCC2(CCCc3ccccc32)C1.I. The van der Waals surface area contributed by atoms with Crippen LogP contribution >= 0.6 is 24.0 Å². The van der Waals surface area contributed by atoms with Crippen molar-refractivity contribution in [2.75, 3.05) is 38.7 Å². The van der Waals surface area contributed by atoms with Gasteiger partial charge in [0, 0.05) is 38.4 Å². The van der Waals surface area contributed by atoms with Crippen LogP contribution in [0.15, 0.2) is 29.3 Å². The van der Waals surface area contributed by atoms with Crippen LogP contribution in [0.4, 0.5) is 0 Å². The van der Waals surface area contributed by atoms with Crippen molar-refractivity contribution in [2.24, 2.45) is 4.99 Å². The molecular weight excluding hydrogens is 461 g/mol. The summed E-state index contributed by atoms with van der Waals surface area (Å²) < 4.78 is 22.7. The van der Waals surface area contributed by atoms with Gasteiger partial charge in [-0.15, -0.1) is 24.0 Å². The van der Waals surface area contributed by atoms with Gasteiger partial charge in [-0.05, 0) is 43.2 Å².